The minimum absolute atomic E-state index is 0.00123. The van der Waals surface area contributed by atoms with Crippen molar-refractivity contribution in [1.29, 1.82) is 0 Å². The number of para-hydroxylation sites is 1. The fourth-order valence-electron chi connectivity index (χ4n) is 5.73. The summed E-state index contributed by atoms with van der Waals surface area (Å²) in [6.07, 6.45) is 18.8. The normalized spacial score (nSPS) is 11.1. The topological polar surface area (TPSA) is 66.8 Å². The maximum atomic E-state index is 13.6. The van der Waals surface area contributed by atoms with Gasteiger partial charge in [-0.3, -0.25) is 4.79 Å². The number of Topliss-reactive ketones (excluding diaryl/α,β-unsaturated/α-hetero) is 1. The van der Waals surface area contributed by atoms with E-state index >= 15 is 0 Å². The lowest BCUT2D eigenvalue weighted by atomic mass is 10.0. The highest BCUT2D eigenvalue weighted by atomic mass is 16.7. The number of benzene rings is 2. The molecule has 0 spiro atoms. The van der Waals surface area contributed by atoms with Crippen LogP contribution >= 0.6 is 0 Å². The number of methoxy groups -OCH3 is 1. The van der Waals surface area contributed by atoms with Gasteiger partial charge in [0.2, 0.25) is 5.88 Å². The van der Waals surface area contributed by atoms with Crippen LogP contribution in [0.15, 0.2) is 48.5 Å². The zero-order valence-corrected chi connectivity index (χ0v) is 26.8. The molecule has 0 saturated carbocycles. The van der Waals surface area contributed by atoms with E-state index in [4.69, 9.17) is 14.2 Å². The van der Waals surface area contributed by atoms with Crippen molar-refractivity contribution in [3.8, 4) is 11.6 Å². The molecule has 43 heavy (non-hydrogen) atoms. The van der Waals surface area contributed by atoms with Gasteiger partial charge in [0.15, 0.2) is 5.78 Å². The second kappa shape index (κ2) is 19.8. The Morgan fingerprint density at radius 2 is 1.26 bits per heavy atom. The van der Waals surface area contributed by atoms with E-state index in [0.29, 0.717) is 18.5 Å². The predicted octanol–water partition coefficient (Wildman–Crippen LogP) is 10.7. The summed E-state index contributed by atoms with van der Waals surface area (Å²) in [4.78, 5) is 26.1. The number of fused-ring (bicyclic) bond motifs is 1. The first-order valence-electron chi connectivity index (χ1n) is 16.7. The molecule has 3 aromatic rings. The second-order valence-electron chi connectivity index (χ2n) is 11.5. The lowest BCUT2D eigenvalue weighted by Crippen LogP contribution is -2.15. The first kappa shape index (κ1) is 34.2. The van der Waals surface area contributed by atoms with Crippen molar-refractivity contribution in [3.63, 3.8) is 0 Å². The summed E-state index contributed by atoms with van der Waals surface area (Å²) in [5.41, 5.74) is 2.30. The van der Waals surface area contributed by atoms with Crippen LogP contribution in [-0.4, -0.2) is 30.2 Å². The van der Waals surface area contributed by atoms with Crippen molar-refractivity contribution >= 4 is 22.8 Å². The summed E-state index contributed by atoms with van der Waals surface area (Å²) in [6.45, 7) is 4.63. The molecule has 0 aliphatic carbocycles. The number of carbonyl (C=O) groups excluding carboxylic acids is 2. The van der Waals surface area contributed by atoms with Crippen LogP contribution in [0.4, 0.5) is 4.79 Å². The van der Waals surface area contributed by atoms with Crippen LogP contribution in [0.5, 0.6) is 11.6 Å². The standard InChI is InChI=1S/C37H53NO5/c1-4-6-7-8-9-10-11-12-13-14-15-16-17-18-19-24-34(39)35-32-22-20-21-23-33(32)38(36(35)43-37(40)42-5-2)29-30-25-27-31(41-3)28-26-30/h20-23,25-28H,4-19,24,29H2,1-3H3. The third kappa shape index (κ3) is 11.4. The Morgan fingerprint density at radius 1 is 0.698 bits per heavy atom. The van der Waals surface area contributed by atoms with Gasteiger partial charge in [-0.25, -0.2) is 4.79 Å². The summed E-state index contributed by atoms with van der Waals surface area (Å²) >= 11 is 0. The van der Waals surface area contributed by atoms with Gasteiger partial charge in [-0.2, -0.15) is 0 Å². The van der Waals surface area contributed by atoms with Gasteiger partial charge in [0, 0.05) is 11.8 Å². The number of carbonyl (C=O) groups is 2. The van der Waals surface area contributed by atoms with Crippen LogP contribution in [0.1, 0.15) is 133 Å². The van der Waals surface area contributed by atoms with E-state index in [2.05, 4.69) is 6.92 Å². The van der Waals surface area contributed by atoms with Gasteiger partial charge >= 0.3 is 6.16 Å². The van der Waals surface area contributed by atoms with Crippen LogP contribution in [0.25, 0.3) is 10.9 Å². The molecule has 1 heterocycles. The van der Waals surface area contributed by atoms with Crippen LogP contribution in [0, 0.1) is 0 Å². The summed E-state index contributed by atoms with van der Waals surface area (Å²) in [5, 5.41) is 0.793. The minimum Gasteiger partial charge on any atom is -0.497 e. The van der Waals surface area contributed by atoms with E-state index in [-0.39, 0.29) is 18.3 Å². The highest BCUT2D eigenvalue weighted by molar-refractivity contribution is 6.11. The number of ketones is 1. The Kier molecular flexibility index (Phi) is 15.8. The lowest BCUT2D eigenvalue weighted by Gasteiger charge is -2.12. The Hall–Kier alpha value is -3.28. The van der Waals surface area contributed by atoms with E-state index < -0.39 is 6.16 Å². The number of unbranched alkanes of at least 4 members (excludes halogenated alkanes) is 14. The van der Waals surface area contributed by atoms with Crippen molar-refractivity contribution in [1.82, 2.24) is 4.57 Å². The molecule has 236 valence electrons. The van der Waals surface area contributed by atoms with Gasteiger partial charge in [-0.05, 0) is 37.1 Å². The molecule has 0 radical (unpaired) electrons. The Bertz CT molecular complexity index is 1230. The van der Waals surface area contributed by atoms with Gasteiger partial charge in [0.1, 0.15) is 5.75 Å². The van der Waals surface area contributed by atoms with Gasteiger partial charge < -0.3 is 18.8 Å². The van der Waals surface area contributed by atoms with Crippen LogP contribution in [0.3, 0.4) is 0 Å². The highest BCUT2D eigenvalue weighted by Crippen LogP contribution is 2.35. The molecule has 0 N–H and O–H groups in total. The predicted molar refractivity (Wildman–Crippen MR) is 176 cm³/mol. The molecule has 1 aromatic heterocycles. The first-order chi connectivity index (χ1) is 21.1. The van der Waals surface area contributed by atoms with E-state index in [0.717, 1.165) is 41.5 Å². The highest BCUT2D eigenvalue weighted by Gasteiger charge is 2.26. The van der Waals surface area contributed by atoms with Gasteiger partial charge in [0.05, 0.1) is 31.3 Å². The smallest absolute Gasteiger partial charge is 0.497 e. The molecule has 6 heteroatoms. The van der Waals surface area contributed by atoms with E-state index in [1.165, 1.54) is 77.0 Å². The molecule has 2 aromatic carbocycles. The summed E-state index contributed by atoms with van der Waals surface area (Å²) < 4.78 is 18.0. The average molecular weight is 592 g/mol. The maximum Gasteiger partial charge on any atom is 0.515 e. The molecule has 0 aliphatic rings. The average Bonchev–Trinajstić information content (AvgIpc) is 3.31. The van der Waals surface area contributed by atoms with Gasteiger partial charge in [-0.15, -0.1) is 0 Å². The monoisotopic (exact) mass is 591 g/mol. The molecule has 0 amide bonds. The summed E-state index contributed by atoms with van der Waals surface area (Å²) in [6, 6.07) is 15.5. The number of rotatable bonds is 22. The number of aromatic nitrogens is 1. The Morgan fingerprint density at radius 3 is 1.81 bits per heavy atom. The second-order valence-corrected chi connectivity index (χ2v) is 11.5. The fourth-order valence-corrected chi connectivity index (χ4v) is 5.73. The van der Waals surface area contributed by atoms with Crippen LogP contribution in [0.2, 0.25) is 0 Å². The molecule has 0 saturated heterocycles. The van der Waals surface area contributed by atoms with E-state index in [9.17, 15) is 9.59 Å². The third-order valence-electron chi connectivity index (χ3n) is 8.15. The van der Waals surface area contributed by atoms with Crippen molar-refractivity contribution in [2.24, 2.45) is 0 Å². The van der Waals surface area contributed by atoms with Crippen molar-refractivity contribution in [2.45, 2.75) is 123 Å². The Labute approximate surface area is 259 Å². The van der Waals surface area contributed by atoms with Crippen molar-refractivity contribution in [2.75, 3.05) is 13.7 Å². The quantitative estimate of drug-likeness (QED) is 0.0660. The summed E-state index contributed by atoms with van der Waals surface area (Å²) in [5.74, 6) is 1.02. The fraction of sp³-hybridized carbons (Fsp3) is 0.568. The zero-order chi connectivity index (χ0) is 30.7. The minimum atomic E-state index is -0.803. The molecule has 3 rings (SSSR count). The number of hydrogen-bond donors (Lipinski definition) is 0. The number of nitrogens with zero attached hydrogens (tertiary/aromatic N) is 1. The maximum absolute atomic E-state index is 13.6. The Balaban J connectivity index is 1.53. The van der Waals surface area contributed by atoms with Crippen LogP contribution < -0.4 is 9.47 Å². The van der Waals surface area contributed by atoms with Gasteiger partial charge in [0.25, 0.3) is 0 Å². The molecular weight excluding hydrogens is 538 g/mol. The molecule has 0 fully saturated rings. The summed E-state index contributed by atoms with van der Waals surface area (Å²) in [7, 11) is 1.64. The van der Waals surface area contributed by atoms with Crippen molar-refractivity contribution in [3.05, 3.63) is 59.7 Å². The van der Waals surface area contributed by atoms with E-state index in [1.807, 2.05) is 53.1 Å². The third-order valence-corrected chi connectivity index (χ3v) is 8.15. The number of hydrogen-bond acceptors (Lipinski definition) is 5. The molecule has 0 unspecified atom stereocenters. The lowest BCUT2D eigenvalue weighted by molar-refractivity contribution is 0.0953. The van der Waals surface area contributed by atoms with E-state index in [1.54, 1.807) is 14.0 Å². The molecule has 0 atom stereocenters. The molecule has 0 aliphatic heterocycles. The van der Waals surface area contributed by atoms with Crippen LogP contribution in [-0.2, 0) is 11.3 Å². The zero-order valence-electron chi connectivity index (χ0n) is 26.8. The van der Waals surface area contributed by atoms with Gasteiger partial charge in [-0.1, -0.05) is 127 Å². The first-order valence-corrected chi connectivity index (χ1v) is 16.7. The molecule has 0 bridgehead atoms. The largest absolute Gasteiger partial charge is 0.515 e. The number of ether oxygens (including phenoxy) is 3. The van der Waals surface area contributed by atoms with Crippen molar-refractivity contribution < 1.29 is 23.8 Å². The SMILES string of the molecule is CCCCCCCCCCCCCCCCCC(=O)c1c(OC(=O)OCC)n(Cc2ccc(OC)cc2)c2ccccc12. The molecule has 6 nitrogen and oxygen atoms in total. The molecular formula is C37H53NO5.